The highest BCUT2D eigenvalue weighted by Crippen LogP contribution is 2.19. The van der Waals surface area contributed by atoms with Crippen LogP contribution < -0.4 is 10.6 Å². The maximum Gasteiger partial charge on any atom is 0.335 e. The van der Waals surface area contributed by atoms with Gasteiger partial charge in [0.05, 0.1) is 5.56 Å². The van der Waals surface area contributed by atoms with E-state index in [0.29, 0.717) is 6.04 Å². The third-order valence-electron chi connectivity index (χ3n) is 2.83. The van der Waals surface area contributed by atoms with Gasteiger partial charge in [-0.25, -0.2) is 4.79 Å². The lowest BCUT2D eigenvalue weighted by Gasteiger charge is -2.15. The molecule has 0 radical (unpaired) electrons. The van der Waals surface area contributed by atoms with Gasteiger partial charge in [0.15, 0.2) is 0 Å². The van der Waals surface area contributed by atoms with E-state index in [0.717, 1.165) is 18.5 Å². The lowest BCUT2D eigenvalue weighted by Crippen LogP contribution is -2.38. The Balaban J connectivity index is 1.91. The van der Waals surface area contributed by atoms with Gasteiger partial charge in [0.1, 0.15) is 6.04 Å². The Morgan fingerprint density at radius 2 is 1.89 bits per heavy atom. The van der Waals surface area contributed by atoms with Crippen LogP contribution >= 0.6 is 0 Å². The number of carbonyl (C=O) groups excluding carboxylic acids is 1. The molecule has 0 bridgehead atoms. The second-order valence-corrected chi connectivity index (χ2v) is 4.53. The molecule has 1 aromatic rings. The van der Waals surface area contributed by atoms with Crippen LogP contribution in [0, 0.1) is 0 Å². The molecule has 1 aromatic carbocycles. The van der Waals surface area contributed by atoms with E-state index in [1.807, 2.05) is 0 Å². The fourth-order valence-electron chi connectivity index (χ4n) is 1.58. The predicted molar refractivity (Wildman–Crippen MR) is 67.7 cm³/mol. The topological polar surface area (TPSA) is 78.4 Å². The smallest absolute Gasteiger partial charge is 0.335 e. The van der Waals surface area contributed by atoms with Crippen LogP contribution in [0.25, 0.3) is 0 Å². The van der Waals surface area contributed by atoms with Gasteiger partial charge < -0.3 is 15.7 Å². The number of rotatable bonds is 5. The van der Waals surface area contributed by atoms with Crippen molar-refractivity contribution in [3.05, 3.63) is 29.8 Å². The number of carboxylic acids is 1. The minimum atomic E-state index is -0.957. The van der Waals surface area contributed by atoms with Crippen LogP contribution in [0.2, 0.25) is 0 Å². The normalized spacial score (nSPS) is 15.8. The molecule has 0 aromatic heterocycles. The number of hydrogen-bond acceptors (Lipinski definition) is 3. The minimum Gasteiger partial charge on any atom is -0.478 e. The molecular weight excluding hydrogens is 232 g/mol. The Bertz CT molecular complexity index is 452. The molecule has 18 heavy (non-hydrogen) atoms. The van der Waals surface area contributed by atoms with E-state index in [2.05, 4.69) is 10.6 Å². The third-order valence-corrected chi connectivity index (χ3v) is 2.83. The van der Waals surface area contributed by atoms with Crippen LogP contribution in [0.5, 0.6) is 0 Å². The number of aromatic carboxylic acids is 1. The summed E-state index contributed by atoms with van der Waals surface area (Å²) in [5, 5.41) is 14.7. The maximum atomic E-state index is 11.7. The first-order valence-electron chi connectivity index (χ1n) is 5.96. The molecule has 0 heterocycles. The molecule has 1 aliphatic carbocycles. The molecule has 5 heteroatoms. The van der Waals surface area contributed by atoms with Gasteiger partial charge in [-0.15, -0.1) is 0 Å². The molecule has 0 spiro atoms. The molecule has 3 N–H and O–H groups in total. The van der Waals surface area contributed by atoms with Crippen molar-refractivity contribution >= 4 is 17.6 Å². The van der Waals surface area contributed by atoms with Crippen LogP contribution in [0.4, 0.5) is 5.69 Å². The Morgan fingerprint density at radius 1 is 1.28 bits per heavy atom. The van der Waals surface area contributed by atoms with Gasteiger partial charge in [0, 0.05) is 11.7 Å². The van der Waals surface area contributed by atoms with Gasteiger partial charge in [0.2, 0.25) is 5.91 Å². The lowest BCUT2D eigenvalue weighted by molar-refractivity contribution is -0.121. The zero-order valence-corrected chi connectivity index (χ0v) is 10.1. The average Bonchev–Trinajstić information content (AvgIpc) is 3.13. The standard InChI is InChI=1S/C13H16N2O3/c1-8(12(16)15-11-6-7-11)14-10-4-2-9(3-5-10)13(17)18/h2-5,8,11,14H,6-7H2,1H3,(H,15,16)(H,17,18). The summed E-state index contributed by atoms with van der Waals surface area (Å²) in [6.45, 7) is 1.78. The highest BCUT2D eigenvalue weighted by molar-refractivity contribution is 5.88. The van der Waals surface area contributed by atoms with E-state index in [9.17, 15) is 9.59 Å². The van der Waals surface area contributed by atoms with Gasteiger partial charge >= 0.3 is 5.97 Å². The van der Waals surface area contributed by atoms with Crippen molar-refractivity contribution in [2.75, 3.05) is 5.32 Å². The fraction of sp³-hybridized carbons (Fsp3) is 0.385. The monoisotopic (exact) mass is 248 g/mol. The average molecular weight is 248 g/mol. The zero-order valence-electron chi connectivity index (χ0n) is 10.1. The SMILES string of the molecule is CC(Nc1ccc(C(=O)O)cc1)C(=O)NC1CC1. The molecule has 96 valence electrons. The molecule has 1 atom stereocenters. The molecule has 0 aliphatic heterocycles. The van der Waals surface area contributed by atoms with Crippen molar-refractivity contribution in [1.82, 2.24) is 5.32 Å². The van der Waals surface area contributed by atoms with Gasteiger partial charge in [-0.2, -0.15) is 0 Å². The first-order valence-corrected chi connectivity index (χ1v) is 5.96. The summed E-state index contributed by atoms with van der Waals surface area (Å²) < 4.78 is 0. The number of nitrogens with one attached hydrogen (secondary N) is 2. The summed E-state index contributed by atoms with van der Waals surface area (Å²) in [4.78, 5) is 22.4. The first kappa shape index (κ1) is 12.4. The summed E-state index contributed by atoms with van der Waals surface area (Å²) in [5.74, 6) is -0.985. The largest absolute Gasteiger partial charge is 0.478 e. The molecule has 1 saturated carbocycles. The maximum absolute atomic E-state index is 11.7. The van der Waals surface area contributed by atoms with E-state index in [1.54, 1.807) is 19.1 Å². The number of hydrogen-bond donors (Lipinski definition) is 3. The Hall–Kier alpha value is -2.04. The van der Waals surface area contributed by atoms with Crippen molar-refractivity contribution in [1.29, 1.82) is 0 Å². The van der Waals surface area contributed by atoms with E-state index >= 15 is 0 Å². The second-order valence-electron chi connectivity index (χ2n) is 4.53. The summed E-state index contributed by atoms with van der Waals surface area (Å²) in [6.07, 6.45) is 2.12. The molecule has 0 saturated heterocycles. The molecule has 5 nitrogen and oxygen atoms in total. The zero-order chi connectivity index (χ0) is 13.1. The van der Waals surface area contributed by atoms with Gasteiger partial charge in [-0.3, -0.25) is 4.79 Å². The van der Waals surface area contributed by atoms with Gasteiger partial charge in [-0.05, 0) is 44.0 Å². The molecular formula is C13H16N2O3. The van der Waals surface area contributed by atoms with Crippen LogP contribution in [0.15, 0.2) is 24.3 Å². The van der Waals surface area contributed by atoms with E-state index in [4.69, 9.17) is 5.11 Å². The van der Waals surface area contributed by atoms with Crippen molar-refractivity contribution in [3.63, 3.8) is 0 Å². The van der Waals surface area contributed by atoms with Crippen LogP contribution in [0.1, 0.15) is 30.1 Å². The summed E-state index contributed by atoms with van der Waals surface area (Å²) in [6, 6.07) is 6.35. The quantitative estimate of drug-likeness (QED) is 0.737. The van der Waals surface area contributed by atoms with E-state index < -0.39 is 5.97 Å². The number of amides is 1. The molecule has 1 amide bonds. The minimum absolute atomic E-state index is 0.0280. The predicted octanol–water partition coefficient (Wildman–Crippen LogP) is 1.46. The number of carbonyl (C=O) groups is 2. The van der Waals surface area contributed by atoms with E-state index in [-0.39, 0.29) is 17.5 Å². The van der Waals surface area contributed by atoms with Crippen molar-refractivity contribution in [3.8, 4) is 0 Å². The van der Waals surface area contributed by atoms with Crippen molar-refractivity contribution < 1.29 is 14.7 Å². The van der Waals surface area contributed by atoms with Crippen molar-refractivity contribution in [2.45, 2.75) is 31.8 Å². The van der Waals surface area contributed by atoms with Crippen LogP contribution in [0.3, 0.4) is 0 Å². The van der Waals surface area contributed by atoms with Gasteiger partial charge in [-0.1, -0.05) is 0 Å². The molecule has 1 fully saturated rings. The lowest BCUT2D eigenvalue weighted by atomic mass is 10.2. The molecule has 2 rings (SSSR count). The highest BCUT2D eigenvalue weighted by Gasteiger charge is 2.25. The summed E-state index contributed by atoms with van der Waals surface area (Å²) in [7, 11) is 0. The highest BCUT2D eigenvalue weighted by atomic mass is 16.4. The summed E-state index contributed by atoms with van der Waals surface area (Å²) >= 11 is 0. The first-order chi connectivity index (χ1) is 8.56. The van der Waals surface area contributed by atoms with E-state index in [1.165, 1.54) is 12.1 Å². The van der Waals surface area contributed by atoms with Crippen LogP contribution in [-0.2, 0) is 4.79 Å². The number of carboxylic acid groups (broad SMARTS) is 1. The second kappa shape index (κ2) is 5.08. The Kier molecular flexibility index (Phi) is 3.50. The number of anilines is 1. The molecule has 1 aliphatic rings. The fourth-order valence-corrected chi connectivity index (χ4v) is 1.58. The van der Waals surface area contributed by atoms with Gasteiger partial charge in [0.25, 0.3) is 0 Å². The number of benzene rings is 1. The van der Waals surface area contributed by atoms with Crippen LogP contribution in [-0.4, -0.2) is 29.1 Å². The third kappa shape index (κ3) is 3.23. The van der Waals surface area contributed by atoms with Crippen molar-refractivity contribution in [2.24, 2.45) is 0 Å². The molecule has 1 unspecified atom stereocenters. The Labute approximate surface area is 105 Å². The summed E-state index contributed by atoms with van der Waals surface area (Å²) in [5.41, 5.74) is 0.967. The Morgan fingerprint density at radius 3 is 2.39 bits per heavy atom.